The van der Waals surface area contributed by atoms with Gasteiger partial charge < -0.3 is 20.0 Å². The lowest BCUT2D eigenvalue weighted by Crippen LogP contribution is -2.55. The van der Waals surface area contributed by atoms with Gasteiger partial charge in [-0.1, -0.05) is 15.9 Å². The van der Waals surface area contributed by atoms with Crippen LogP contribution in [0.3, 0.4) is 0 Å². The molecule has 2 heterocycles. The molecule has 1 aromatic rings. The zero-order valence-electron chi connectivity index (χ0n) is 14.6. The molecule has 0 bridgehead atoms. The van der Waals surface area contributed by atoms with Crippen LogP contribution < -0.4 is 5.32 Å². The Bertz CT molecular complexity index is 674. The first-order valence-electron chi connectivity index (χ1n) is 8.90. The Kier molecular flexibility index (Phi) is 6.13. The van der Waals surface area contributed by atoms with E-state index in [9.17, 15) is 14.4 Å². The number of anilines is 1. The summed E-state index contributed by atoms with van der Waals surface area (Å²) in [5.74, 6) is -0.182. The molecule has 1 aromatic carbocycles. The molecular weight excluding hydrogens is 400 g/mol. The van der Waals surface area contributed by atoms with E-state index in [1.54, 1.807) is 17.0 Å². The maximum atomic E-state index is 12.4. The quantitative estimate of drug-likeness (QED) is 0.810. The van der Waals surface area contributed by atoms with Gasteiger partial charge in [-0.15, -0.1) is 0 Å². The lowest BCUT2D eigenvalue weighted by atomic mass is 10.1. The number of likely N-dealkylation sites (tertiary alicyclic amines) is 1. The molecule has 0 atom stereocenters. The van der Waals surface area contributed by atoms with E-state index in [0.29, 0.717) is 18.8 Å². The molecule has 8 heteroatoms. The van der Waals surface area contributed by atoms with Crippen LogP contribution in [0, 0.1) is 0 Å². The Morgan fingerprint density at radius 3 is 2.31 bits per heavy atom. The van der Waals surface area contributed by atoms with Crippen molar-refractivity contribution in [2.45, 2.75) is 19.3 Å². The SMILES string of the molecule is O=C(CN1CCN(C(=O)Nc2ccc(Br)cc2)CC1=O)N1CCCCC1. The number of carbonyl (C=O) groups is 3. The number of rotatable bonds is 3. The van der Waals surface area contributed by atoms with Crippen LogP contribution in [-0.2, 0) is 9.59 Å². The van der Waals surface area contributed by atoms with Crippen LogP contribution in [-0.4, -0.2) is 71.8 Å². The topological polar surface area (TPSA) is 73.0 Å². The number of hydrogen-bond acceptors (Lipinski definition) is 3. The van der Waals surface area contributed by atoms with Gasteiger partial charge >= 0.3 is 6.03 Å². The maximum Gasteiger partial charge on any atom is 0.322 e. The summed E-state index contributed by atoms with van der Waals surface area (Å²) in [6, 6.07) is 6.95. The number of piperidine rings is 1. The molecule has 1 N–H and O–H groups in total. The van der Waals surface area contributed by atoms with Gasteiger partial charge in [0.25, 0.3) is 0 Å². The van der Waals surface area contributed by atoms with E-state index in [1.807, 2.05) is 17.0 Å². The third kappa shape index (κ3) is 4.75. The van der Waals surface area contributed by atoms with Crippen molar-refractivity contribution >= 4 is 39.5 Å². The highest BCUT2D eigenvalue weighted by atomic mass is 79.9. The Labute approximate surface area is 161 Å². The predicted molar refractivity (Wildman–Crippen MR) is 102 cm³/mol. The first-order chi connectivity index (χ1) is 12.5. The highest BCUT2D eigenvalue weighted by molar-refractivity contribution is 9.10. The second-order valence-corrected chi connectivity index (χ2v) is 7.53. The summed E-state index contributed by atoms with van der Waals surface area (Å²) < 4.78 is 0.928. The lowest BCUT2D eigenvalue weighted by molar-refractivity contribution is -0.143. The first kappa shape index (κ1) is 18.7. The summed E-state index contributed by atoms with van der Waals surface area (Å²) in [6.07, 6.45) is 3.22. The van der Waals surface area contributed by atoms with E-state index in [4.69, 9.17) is 0 Å². The summed E-state index contributed by atoms with van der Waals surface area (Å²) in [4.78, 5) is 41.9. The Balaban J connectivity index is 1.49. The zero-order valence-corrected chi connectivity index (χ0v) is 16.2. The largest absolute Gasteiger partial charge is 0.341 e. The number of amides is 4. The van der Waals surface area contributed by atoms with Crippen molar-refractivity contribution in [3.05, 3.63) is 28.7 Å². The van der Waals surface area contributed by atoms with Crippen LogP contribution in [0.15, 0.2) is 28.7 Å². The molecule has 0 unspecified atom stereocenters. The third-order valence-electron chi connectivity index (χ3n) is 4.74. The molecule has 0 saturated carbocycles. The zero-order chi connectivity index (χ0) is 18.5. The van der Waals surface area contributed by atoms with Gasteiger partial charge in [0.2, 0.25) is 11.8 Å². The van der Waals surface area contributed by atoms with E-state index in [1.165, 1.54) is 4.90 Å². The van der Waals surface area contributed by atoms with Gasteiger partial charge in [0.05, 0.1) is 6.54 Å². The smallest absolute Gasteiger partial charge is 0.322 e. The molecule has 2 aliphatic heterocycles. The van der Waals surface area contributed by atoms with Crippen molar-refractivity contribution < 1.29 is 14.4 Å². The first-order valence-corrected chi connectivity index (χ1v) is 9.69. The Hall–Kier alpha value is -2.09. The molecule has 0 aromatic heterocycles. The highest BCUT2D eigenvalue weighted by Gasteiger charge is 2.29. The molecule has 2 aliphatic rings. The summed E-state index contributed by atoms with van der Waals surface area (Å²) in [7, 11) is 0. The highest BCUT2D eigenvalue weighted by Crippen LogP contribution is 2.15. The fraction of sp³-hybridized carbons (Fsp3) is 0.500. The van der Waals surface area contributed by atoms with Crippen LogP contribution in [0.4, 0.5) is 10.5 Å². The van der Waals surface area contributed by atoms with Crippen molar-refractivity contribution in [2.24, 2.45) is 0 Å². The van der Waals surface area contributed by atoms with Crippen molar-refractivity contribution in [1.29, 1.82) is 0 Å². The molecule has 0 radical (unpaired) electrons. The standard InChI is InChI=1S/C18H23BrN4O3/c19-14-4-6-15(7-5-14)20-18(26)23-11-10-22(17(25)13-23)12-16(24)21-8-2-1-3-9-21/h4-7H,1-3,8-13H2,(H,20,26). The minimum Gasteiger partial charge on any atom is -0.341 e. The van der Waals surface area contributed by atoms with E-state index in [2.05, 4.69) is 21.2 Å². The number of carbonyl (C=O) groups excluding carboxylic acids is 3. The summed E-state index contributed by atoms with van der Waals surface area (Å²) in [5.41, 5.74) is 0.674. The van der Waals surface area contributed by atoms with Gasteiger partial charge in [0, 0.05) is 36.3 Å². The van der Waals surface area contributed by atoms with Crippen molar-refractivity contribution in [1.82, 2.24) is 14.7 Å². The molecule has 2 fully saturated rings. The van der Waals surface area contributed by atoms with Gasteiger partial charge in [-0.05, 0) is 43.5 Å². The number of urea groups is 1. The van der Waals surface area contributed by atoms with Gasteiger partial charge in [0.15, 0.2) is 0 Å². The average Bonchev–Trinajstić information content (AvgIpc) is 2.66. The van der Waals surface area contributed by atoms with Gasteiger partial charge in [-0.25, -0.2) is 4.79 Å². The monoisotopic (exact) mass is 422 g/mol. The number of hydrogen-bond donors (Lipinski definition) is 1. The van der Waals surface area contributed by atoms with E-state index < -0.39 is 0 Å². The maximum absolute atomic E-state index is 12.4. The lowest BCUT2D eigenvalue weighted by Gasteiger charge is -2.35. The molecule has 2 saturated heterocycles. The second kappa shape index (κ2) is 8.53. The molecular formula is C18H23BrN4O3. The number of nitrogens with zero attached hydrogens (tertiary/aromatic N) is 3. The number of piperazine rings is 1. The van der Waals surface area contributed by atoms with Crippen molar-refractivity contribution in [3.8, 4) is 0 Å². The third-order valence-corrected chi connectivity index (χ3v) is 5.26. The summed E-state index contributed by atoms with van der Waals surface area (Å²) >= 11 is 3.35. The molecule has 4 amide bonds. The van der Waals surface area contributed by atoms with Crippen molar-refractivity contribution in [3.63, 3.8) is 0 Å². The predicted octanol–water partition coefficient (Wildman–Crippen LogP) is 2.14. The van der Waals surface area contributed by atoms with Gasteiger partial charge in [-0.3, -0.25) is 9.59 Å². The minimum absolute atomic E-state index is 0.00432. The van der Waals surface area contributed by atoms with E-state index >= 15 is 0 Å². The van der Waals surface area contributed by atoms with Crippen LogP contribution in [0.5, 0.6) is 0 Å². The fourth-order valence-corrected chi connectivity index (χ4v) is 3.46. The summed E-state index contributed by atoms with van der Waals surface area (Å²) in [6.45, 7) is 2.47. The van der Waals surface area contributed by atoms with Crippen LogP contribution in [0.1, 0.15) is 19.3 Å². The Morgan fingerprint density at radius 1 is 0.962 bits per heavy atom. The number of halogens is 1. The fourth-order valence-electron chi connectivity index (χ4n) is 3.19. The number of benzene rings is 1. The number of nitrogens with one attached hydrogen (secondary N) is 1. The van der Waals surface area contributed by atoms with Crippen LogP contribution in [0.25, 0.3) is 0 Å². The minimum atomic E-state index is -0.303. The van der Waals surface area contributed by atoms with Gasteiger partial charge in [-0.2, -0.15) is 0 Å². The normalized spacial score (nSPS) is 18.0. The average molecular weight is 423 g/mol. The molecule has 7 nitrogen and oxygen atoms in total. The molecule has 0 spiro atoms. The van der Waals surface area contributed by atoms with E-state index in [0.717, 1.165) is 36.8 Å². The molecule has 0 aliphatic carbocycles. The van der Waals surface area contributed by atoms with Crippen LogP contribution in [0.2, 0.25) is 0 Å². The molecule has 3 rings (SSSR count). The molecule has 140 valence electrons. The van der Waals surface area contributed by atoms with Gasteiger partial charge in [0.1, 0.15) is 6.54 Å². The second-order valence-electron chi connectivity index (χ2n) is 6.62. The van der Waals surface area contributed by atoms with Crippen molar-refractivity contribution in [2.75, 3.05) is 44.6 Å². The molecule has 26 heavy (non-hydrogen) atoms. The Morgan fingerprint density at radius 2 is 1.65 bits per heavy atom. The van der Waals surface area contributed by atoms with E-state index in [-0.39, 0.29) is 30.9 Å². The van der Waals surface area contributed by atoms with Crippen LogP contribution >= 0.6 is 15.9 Å². The summed E-state index contributed by atoms with van der Waals surface area (Å²) in [5, 5.41) is 2.79.